The first-order valence-electron chi connectivity index (χ1n) is 6.86. The van der Waals surface area contributed by atoms with Crippen LogP contribution in [-0.4, -0.2) is 11.4 Å². The largest absolute Gasteiger partial charge is 0.371 e. The molecule has 1 saturated carbocycles. The van der Waals surface area contributed by atoms with E-state index in [4.69, 9.17) is 17.3 Å². The number of benzene rings is 1. The molecule has 104 valence electrons. The van der Waals surface area contributed by atoms with Crippen molar-refractivity contribution in [3.63, 3.8) is 0 Å². The molecule has 1 aromatic rings. The number of nitrogens with one attached hydrogen (secondary N) is 1. The lowest BCUT2D eigenvalue weighted by molar-refractivity contribution is -0.123. The molecule has 1 unspecified atom stereocenters. The van der Waals surface area contributed by atoms with E-state index in [0.717, 1.165) is 18.5 Å². The lowest BCUT2D eigenvalue weighted by atomic mass is 9.75. The highest BCUT2D eigenvalue weighted by Crippen LogP contribution is 2.35. The summed E-state index contributed by atoms with van der Waals surface area (Å²) in [4.78, 5) is 11.9. The second-order valence-electron chi connectivity index (χ2n) is 5.54. The lowest BCUT2D eigenvalue weighted by Gasteiger charge is -2.38. The highest BCUT2D eigenvalue weighted by atomic mass is 35.5. The van der Waals surface area contributed by atoms with Gasteiger partial charge in [-0.05, 0) is 43.9 Å². The van der Waals surface area contributed by atoms with Gasteiger partial charge in [0.1, 0.15) is 5.54 Å². The van der Waals surface area contributed by atoms with E-state index in [1.54, 1.807) is 0 Å². The fourth-order valence-electron chi connectivity index (χ4n) is 2.91. The number of carbonyl (C=O) groups is 1. The van der Waals surface area contributed by atoms with E-state index < -0.39 is 5.54 Å². The third kappa shape index (κ3) is 3.21. The molecule has 0 spiro atoms. The number of primary amides is 1. The maximum atomic E-state index is 11.9. The standard InChI is InChI=1S/C15H21ClN2O/c1-15(14(17)19,11-6-3-2-4-7-11)18-13-9-5-8-12(16)10-13/h5,8-11,18H,2-4,6-7H2,1H3,(H2,17,19). The Morgan fingerprint density at radius 1 is 1.37 bits per heavy atom. The summed E-state index contributed by atoms with van der Waals surface area (Å²) in [6.45, 7) is 1.91. The molecular weight excluding hydrogens is 260 g/mol. The van der Waals surface area contributed by atoms with Gasteiger partial charge in [0.2, 0.25) is 5.91 Å². The molecule has 4 heteroatoms. The molecule has 1 fully saturated rings. The molecule has 2 rings (SSSR count). The fourth-order valence-corrected chi connectivity index (χ4v) is 3.10. The molecular formula is C15H21ClN2O. The topological polar surface area (TPSA) is 55.1 Å². The Kier molecular flexibility index (Phi) is 4.35. The Morgan fingerprint density at radius 2 is 2.05 bits per heavy atom. The van der Waals surface area contributed by atoms with Crippen LogP contribution in [0.2, 0.25) is 5.02 Å². The van der Waals surface area contributed by atoms with E-state index in [-0.39, 0.29) is 11.8 Å². The number of rotatable bonds is 4. The first kappa shape index (κ1) is 14.2. The molecule has 1 aromatic carbocycles. The predicted molar refractivity (Wildman–Crippen MR) is 79.2 cm³/mol. The zero-order chi connectivity index (χ0) is 13.9. The molecule has 0 radical (unpaired) electrons. The first-order valence-corrected chi connectivity index (χ1v) is 7.24. The molecule has 1 aliphatic rings. The molecule has 0 heterocycles. The molecule has 1 aliphatic carbocycles. The van der Waals surface area contributed by atoms with E-state index in [1.165, 1.54) is 19.3 Å². The third-order valence-corrected chi connectivity index (χ3v) is 4.40. The van der Waals surface area contributed by atoms with Crippen molar-refractivity contribution < 1.29 is 4.79 Å². The highest BCUT2D eigenvalue weighted by molar-refractivity contribution is 6.30. The summed E-state index contributed by atoms with van der Waals surface area (Å²) in [5.74, 6) is -0.00268. The van der Waals surface area contributed by atoms with Crippen LogP contribution in [0.3, 0.4) is 0 Å². The molecule has 3 nitrogen and oxygen atoms in total. The number of amides is 1. The van der Waals surface area contributed by atoms with Gasteiger partial charge in [-0.15, -0.1) is 0 Å². The summed E-state index contributed by atoms with van der Waals surface area (Å²) in [5.41, 5.74) is 5.80. The number of halogens is 1. The molecule has 0 saturated heterocycles. The van der Waals surface area contributed by atoms with Crippen molar-refractivity contribution in [2.45, 2.75) is 44.6 Å². The van der Waals surface area contributed by atoms with Crippen LogP contribution in [0, 0.1) is 5.92 Å². The van der Waals surface area contributed by atoms with Crippen LogP contribution in [0.5, 0.6) is 0 Å². The van der Waals surface area contributed by atoms with Gasteiger partial charge in [-0.3, -0.25) is 4.79 Å². The molecule has 1 atom stereocenters. The Bertz CT molecular complexity index is 457. The SMILES string of the molecule is CC(Nc1cccc(Cl)c1)(C(N)=O)C1CCCCC1. The Hall–Kier alpha value is -1.22. The van der Waals surface area contributed by atoms with Gasteiger partial charge < -0.3 is 11.1 Å². The molecule has 3 N–H and O–H groups in total. The van der Waals surface area contributed by atoms with Crippen molar-refractivity contribution in [3.05, 3.63) is 29.3 Å². The van der Waals surface area contributed by atoms with E-state index in [0.29, 0.717) is 5.02 Å². The van der Waals surface area contributed by atoms with Gasteiger partial charge in [-0.2, -0.15) is 0 Å². The van der Waals surface area contributed by atoms with Crippen molar-refractivity contribution in [1.29, 1.82) is 0 Å². The van der Waals surface area contributed by atoms with Gasteiger partial charge >= 0.3 is 0 Å². The predicted octanol–water partition coefficient (Wildman–Crippen LogP) is 3.58. The summed E-state index contributed by atoms with van der Waals surface area (Å²) in [6, 6.07) is 7.42. The van der Waals surface area contributed by atoms with Crippen molar-refractivity contribution in [1.82, 2.24) is 0 Å². The Morgan fingerprint density at radius 3 is 2.63 bits per heavy atom. The van der Waals surface area contributed by atoms with Gasteiger partial charge in [0, 0.05) is 10.7 Å². The molecule has 19 heavy (non-hydrogen) atoms. The Balaban J connectivity index is 2.21. The van der Waals surface area contributed by atoms with Crippen molar-refractivity contribution >= 4 is 23.2 Å². The maximum Gasteiger partial charge on any atom is 0.243 e. The van der Waals surface area contributed by atoms with Gasteiger partial charge in [0.25, 0.3) is 0 Å². The first-order chi connectivity index (χ1) is 9.02. The average molecular weight is 281 g/mol. The Labute approximate surface area is 119 Å². The summed E-state index contributed by atoms with van der Waals surface area (Å²) in [7, 11) is 0. The minimum Gasteiger partial charge on any atom is -0.371 e. The minimum absolute atomic E-state index is 0.290. The quantitative estimate of drug-likeness (QED) is 0.886. The second-order valence-corrected chi connectivity index (χ2v) is 5.97. The van der Waals surface area contributed by atoms with Crippen LogP contribution in [0.25, 0.3) is 0 Å². The van der Waals surface area contributed by atoms with E-state index in [9.17, 15) is 4.79 Å². The van der Waals surface area contributed by atoms with Crippen LogP contribution in [0.1, 0.15) is 39.0 Å². The summed E-state index contributed by atoms with van der Waals surface area (Å²) >= 11 is 5.98. The monoisotopic (exact) mass is 280 g/mol. The van der Waals surface area contributed by atoms with Crippen LogP contribution in [0.15, 0.2) is 24.3 Å². The van der Waals surface area contributed by atoms with Crippen LogP contribution in [-0.2, 0) is 4.79 Å². The van der Waals surface area contributed by atoms with Gasteiger partial charge in [-0.25, -0.2) is 0 Å². The number of nitrogens with two attached hydrogens (primary N) is 1. The molecule has 0 aromatic heterocycles. The summed E-state index contributed by atoms with van der Waals surface area (Å²) < 4.78 is 0. The highest BCUT2D eigenvalue weighted by Gasteiger charge is 2.40. The van der Waals surface area contributed by atoms with E-state index >= 15 is 0 Å². The normalized spacial score (nSPS) is 19.7. The smallest absolute Gasteiger partial charge is 0.243 e. The van der Waals surface area contributed by atoms with Crippen LogP contribution >= 0.6 is 11.6 Å². The molecule has 0 bridgehead atoms. The number of hydrogen-bond acceptors (Lipinski definition) is 2. The third-order valence-electron chi connectivity index (χ3n) is 4.16. The van der Waals surface area contributed by atoms with Crippen molar-refractivity contribution in [3.8, 4) is 0 Å². The fraction of sp³-hybridized carbons (Fsp3) is 0.533. The lowest BCUT2D eigenvalue weighted by Crippen LogP contribution is -2.54. The second kappa shape index (κ2) is 5.83. The van der Waals surface area contributed by atoms with Gasteiger partial charge in [-0.1, -0.05) is 36.9 Å². The zero-order valence-electron chi connectivity index (χ0n) is 11.3. The van der Waals surface area contributed by atoms with E-state index in [1.807, 2.05) is 31.2 Å². The van der Waals surface area contributed by atoms with Crippen LogP contribution in [0.4, 0.5) is 5.69 Å². The van der Waals surface area contributed by atoms with Crippen LogP contribution < -0.4 is 11.1 Å². The number of anilines is 1. The van der Waals surface area contributed by atoms with E-state index in [2.05, 4.69) is 5.32 Å². The number of hydrogen-bond donors (Lipinski definition) is 2. The maximum absolute atomic E-state index is 11.9. The number of carbonyl (C=O) groups excluding carboxylic acids is 1. The van der Waals surface area contributed by atoms with Crippen molar-refractivity contribution in [2.75, 3.05) is 5.32 Å². The zero-order valence-corrected chi connectivity index (χ0v) is 12.0. The van der Waals surface area contributed by atoms with Crippen molar-refractivity contribution in [2.24, 2.45) is 11.7 Å². The summed E-state index contributed by atoms with van der Waals surface area (Å²) in [5, 5.41) is 3.96. The van der Waals surface area contributed by atoms with Gasteiger partial charge in [0.15, 0.2) is 0 Å². The molecule has 1 amide bonds. The average Bonchev–Trinajstić information content (AvgIpc) is 2.39. The van der Waals surface area contributed by atoms with Gasteiger partial charge in [0.05, 0.1) is 0 Å². The minimum atomic E-state index is -0.703. The summed E-state index contributed by atoms with van der Waals surface area (Å²) in [6.07, 6.45) is 5.69. The molecule has 0 aliphatic heterocycles.